The number of carbonyl (C=O) groups is 3. The number of hydrogen-bond donors (Lipinski definition) is 3. The van der Waals surface area contributed by atoms with E-state index in [-0.39, 0.29) is 36.7 Å². The SMILES string of the molecule is C#CCOc1cc(-n2nc3n(c2=O)CCCC3)c(Cl)cc1Cl.C=CCN(CC=C)C(=O)C(Cl)Cl.CCOCN(C(=O)CCl)c1c(C)cccc1CC.C[S+](C)C.O=C(O)CNCP(=O)([O-])O. The number of ether oxygens (including phenoxy) is 2. The smallest absolute Gasteiger partial charge is 0.350 e. The maximum Gasteiger partial charge on any atom is 0.350 e. The van der Waals surface area contributed by atoms with Gasteiger partial charge in [0.25, 0.3) is 5.91 Å². The third-order valence-corrected chi connectivity index (χ3v) is 9.93. The van der Waals surface area contributed by atoms with Gasteiger partial charge >= 0.3 is 11.7 Å². The summed E-state index contributed by atoms with van der Waals surface area (Å²) in [5.74, 6) is 1.85. The van der Waals surface area contributed by atoms with Crippen LogP contribution in [-0.2, 0) is 54.0 Å². The van der Waals surface area contributed by atoms with Gasteiger partial charge in [0.1, 0.15) is 38.4 Å². The summed E-state index contributed by atoms with van der Waals surface area (Å²) < 4.78 is 23.7. The molecular formula is C43H60Cl5N6O10PS. The van der Waals surface area contributed by atoms with Crippen LogP contribution in [0.25, 0.3) is 5.69 Å². The van der Waals surface area contributed by atoms with Crippen molar-refractivity contribution in [3.63, 3.8) is 0 Å². The molecule has 0 aliphatic carbocycles. The fraction of sp³-hybridized carbons (Fsp3) is 0.465. The Kier molecular flexibility index (Phi) is 32.1. The Labute approximate surface area is 415 Å². The molecule has 0 radical (unpaired) electrons. The third kappa shape index (κ3) is 24.0. The number of aryl methyl sites for hydroxylation is 3. The summed E-state index contributed by atoms with van der Waals surface area (Å²) in [7, 11) is -3.71. The molecule has 0 bridgehead atoms. The molecule has 0 spiro atoms. The van der Waals surface area contributed by atoms with Gasteiger partial charge < -0.3 is 33.8 Å². The van der Waals surface area contributed by atoms with Gasteiger partial charge in [-0.05, 0) is 61.2 Å². The van der Waals surface area contributed by atoms with Gasteiger partial charge in [0.2, 0.25) is 5.91 Å². The monoisotopic (exact) mass is 1060 g/mol. The van der Waals surface area contributed by atoms with Crippen LogP contribution in [0.3, 0.4) is 0 Å². The number of carboxylic acid groups (broad SMARTS) is 1. The number of terminal acetylenes is 1. The summed E-state index contributed by atoms with van der Waals surface area (Å²) in [5.41, 5.74) is 3.35. The maximum absolute atomic E-state index is 12.5. The fourth-order valence-electron chi connectivity index (χ4n) is 5.38. The van der Waals surface area contributed by atoms with Crippen molar-refractivity contribution in [1.82, 2.24) is 24.6 Å². The second-order valence-corrected chi connectivity index (χ2v) is 20.1. The summed E-state index contributed by atoms with van der Waals surface area (Å²) in [4.78, 5) is 65.5. The van der Waals surface area contributed by atoms with Crippen molar-refractivity contribution in [2.24, 2.45) is 0 Å². The summed E-state index contributed by atoms with van der Waals surface area (Å²) in [6, 6.07) is 9.14. The Balaban J connectivity index is 0.000000867. The number of aromatic nitrogens is 3. The Hall–Kier alpha value is -3.50. The van der Waals surface area contributed by atoms with E-state index in [1.54, 1.807) is 27.7 Å². The van der Waals surface area contributed by atoms with Crippen molar-refractivity contribution in [3.05, 3.63) is 93.1 Å². The van der Waals surface area contributed by atoms with Gasteiger partial charge in [-0.25, -0.2) is 4.79 Å². The molecule has 66 heavy (non-hydrogen) atoms. The number of amides is 2. The van der Waals surface area contributed by atoms with Gasteiger partial charge in [0.05, 0.1) is 53.0 Å². The molecule has 2 aromatic carbocycles. The van der Waals surface area contributed by atoms with Crippen molar-refractivity contribution in [2.75, 3.05) is 75.4 Å². The standard InChI is InChI=1S/C15H13Cl2N3O2.C14H20ClNO2.C8H11Cl2NO.C3H8NO5P.C3H9S/c1-2-7-22-13-9-12(10(16)8-11(13)17)20-15(21)19-6-4-3-5-14(19)18-20;1-4-12-8-6-7-11(3)14(12)16(10-18-5-2)13(17)9-15;1-3-5-11(6-4-2)8(12)7(9)10;5-3(6)1-4-2-10(7,8)9;1-4(2)3/h1,8-9H,3-7H2;6-8H,4-5,9-10H2,1-3H3;3-4,7H,1-2,5-6H2;4H,1-2H2,(H,5,6)(H2,7,8,9);1-3H3/q;;;;+1/p-1. The van der Waals surface area contributed by atoms with Gasteiger partial charge in [-0.15, -0.1) is 36.3 Å². The van der Waals surface area contributed by atoms with Gasteiger partial charge in [-0.3, -0.25) is 29.2 Å². The average Bonchev–Trinajstić information content (AvgIpc) is 3.58. The molecule has 1 aromatic heterocycles. The highest BCUT2D eigenvalue weighted by molar-refractivity contribution is 7.94. The van der Waals surface area contributed by atoms with Crippen molar-refractivity contribution in [2.45, 2.75) is 57.8 Å². The topological polar surface area (TPSA) is 209 Å². The number of alkyl halides is 3. The molecule has 368 valence electrons. The van der Waals surface area contributed by atoms with Gasteiger partial charge in [-0.2, -0.15) is 4.68 Å². The number of aliphatic carboxylic acids is 1. The zero-order valence-corrected chi connectivity index (χ0v) is 43.4. The second kappa shape index (κ2) is 33.9. The number of fused-ring (bicyclic) bond motifs is 1. The van der Waals surface area contributed by atoms with E-state index < -0.39 is 31.2 Å². The third-order valence-electron chi connectivity index (χ3n) is 8.11. The van der Waals surface area contributed by atoms with E-state index >= 15 is 0 Å². The summed E-state index contributed by atoms with van der Waals surface area (Å²) in [6.45, 7) is 15.0. The molecule has 1 aliphatic heterocycles. The first-order chi connectivity index (χ1) is 31.0. The molecule has 4 rings (SSSR count). The first kappa shape index (κ1) is 62.5. The lowest BCUT2D eigenvalue weighted by Gasteiger charge is -2.25. The maximum atomic E-state index is 12.5. The Bertz CT molecular complexity index is 2150. The second-order valence-electron chi connectivity index (χ2n) is 13.9. The Morgan fingerprint density at radius 2 is 1.74 bits per heavy atom. The molecule has 16 nitrogen and oxygen atoms in total. The zero-order chi connectivity index (χ0) is 50.6. The minimum absolute atomic E-state index is 0.0371. The first-order valence-corrected chi connectivity index (χ1v) is 26.4. The molecule has 23 heteroatoms. The molecular weight excluding hydrogens is 1000 g/mol. The molecule has 1 aliphatic rings. The van der Waals surface area contributed by atoms with Crippen molar-refractivity contribution in [1.29, 1.82) is 0 Å². The lowest BCUT2D eigenvalue weighted by molar-refractivity contribution is -0.193. The number of rotatable bonds is 18. The minimum Gasteiger partial charge on any atom is -0.778 e. The number of halogens is 5. The van der Waals surface area contributed by atoms with Crippen molar-refractivity contribution in [3.8, 4) is 23.8 Å². The van der Waals surface area contributed by atoms with Crippen LogP contribution in [0, 0.1) is 19.3 Å². The normalized spacial score (nSPS) is 12.1. The quantitative estimate of drug-likeness (QED) is 0.0313. The van der Waals surface area contributed by atoms with E-state index in [2.05, 4.69) is 49.9 Å². The largest absolute Gasteiger partial charge is 0.778 e. The van der Waals surface area contributed by atoms with Crippen LogP contribution in [0.1, 0.15) is 43.6 Å². The number of hydrogen-bond acceptors (Lipinski definition) is 10. The fourth-order valence-corrected chi connectivity index (χ4v) is 6.72. The number of nitrogens with zero attached hydrogens (tertiary/aromatic N) is 5. The van der Waals surface area contributed by atoms with E-state index in [9.17, 15) is 28.6 Å². The lowest BCUT2D eigenvalue weighted by atomic mass is 10.0. The summed E-state index contributed by atoms with van der Waals surface area (Å²) in [5, 5.41) is 15.0. The predicted octanol–water partition coefficient (Wildman–Crippen LogP) is 6.46. The number of nitrogens with one attached hydrogen (secondary N) is 1. The molecule has 2 heterocycles. The van der Waals surface area contributed by atoms with Crippen molar-refractivity contribution < 1.29 is 43.3 Å². The molecule has 2 amide bonds. The van der Waals surface area contributed by atoms with Crippen LogP contribution in [0.2, 0.25) is 10.0 Å². The molecule has 1 unspecified atom stereocenters. The zero-order valence-electron chi connectivity index (χ0n) is 37.9. The summed E-state index contributed by atoms with van der Waals surface area (Å²) >= 11 is 28.8. The van der Waals surface area contributed by atoms with Crippen LogP contribution in [0.5, 0.6) is 5.75 Å². The van der Waals surface area contributed by atoms with E-state index in [1.807, 2.05) is 37.4 Å². The highest BCUT2D eigenvalue weighted by atomic mass is 35.5. The Morgan fingerprint density at radius 1 is 1.12 bits per heavy atom. The molecule has 3 aromatic rings. The van der Waals surface area contributed by atoms with E-state index in [0.717, 1.165) is 48.3 Å². The highest BCUT2D eigenvalue weighted by Gasteiger charge is 2.22. The molecule has 3 N–H and O–H groups in total. The van der Waals surface area contributed by atoms with Crippen molar-refractivity contribution >= 4 is 100.0 Å². The highest BCUT2D eigenvalue weighted by Crippen LogP contribution is 2.33. The number of carboxylic acids is 1. The molecule has 1 atom stereocenters. The molecule has 0 fully saturated rings. The van der Waals surface area contributed by atoms with Crippen LogP contribution in [0.4, 0.5) is 5.69 Å². The number of anilines is 1. The van der Waals surface area contributed by atoms with Crippen LogP contribution in [-0.4, -0.2) is 122 Å². The van der Waals surface area contributed by atoms with E-state index in [1.165, 1.54) is 15.6 Å². The number of para-hydroxylation sites is 1. The summed E-state index contributed by atoms with van der Waals surface area (Å²) in [6.07, 6.45) is 17.9. The lowest BCUT2D eigenvalue weighted by Crippen LogP contribution is -2.35. The predicted molar refractivity (Wildman–Crippen MR) is 268 cm³/mol. The van der Waals surface area contributed by atoms with Gasteiger partial charge in [-0.1, -0.05) is 89.6 Å². The molecule has 0 saturated carbocycles. The minimum atomic E-state index is -4.35. The van der Waals surface area contributed by atoms with Crippen LogP contribution < -0.4 is 25.5 Å². The van der Waals surface area contributed by atoms with Crippen LogP contribution >= 0.6 is 65.6 Å². The number of benzene rings is 2. The molecule has 0 saturated heterocycles. The van der Waals surface area contributed by atoms with Crippen LogP contribution in [0.15, 0.2) is 60.4 Å². The Morgan fingerprint density at radius 3 is 2.23 bits per heavy atom. The number of carbonyl (C=O) groups excluding carboxylic acids is 2. The van der Waals surface area contributed by atoms with Gasteiger partial charge in [0, 0.05) is 38.7 Å². The van der Waals surface area contributed by atoms with E-state index in [4.69, 9.17) is 83.9 Å². The van der Waals surface area contributed by atoms with Gasteiger partial charge in [0.15, 0.2) is 4.84 Å². The first-order valence-electron chi connectivity index (χ1n) is 20.0. The van der Waals surface area contributed by atoms with E-state index in [0.29, 0.717) is 58.6 Å². The average molecular weight is 1060 g/mol.